The molecule has 0 unspecified atom stereocenters. The largest absolute Gasteiger partial charge is 0.497 e. The van der Waals surface area contributed by atoms with E-state index in [2.05, 4.69) is 11.9 Å². The minimum Gasteiger partial charge on any atom is -0.497 e. The van der Waals surface area contributed by atoms with Crippen molar-refractivity contribution in [3.05, 3.63) is 35.9 Å². The van der Waals surface area contributed by atoms with Crippen LogP contribution < -0.4 is 4.74 Å². The van der Waals surface area contributed by atoms with Crippen molar-refractivity contribution in [3.8, 4) is 5.75 Å². The molecule has 2 aliphatic rings. The Labute approximate surface area is 149 Å². The van der Waals surface area contributed by atoms with Crippen LogP contribution in [0.4, 0.5) is 0 Å². The van der Waals surface area contributed by atoms with E-state index in [-0.39, 0.29) is 18.3 Å². The lowest BCUT2D eigenvalue weighted by atomic mass is 9.99. The van der Waals surface area contributed by atoms with Gasteiger partial charge in [0, 0.05) is 38.6 Å². The Morgan fingerprint density at radius 3 is 2.50 bits per heavy atom. The average molecular weight is 353 g/mol. The number of carbonyl (C=O) groups excluding carboxylic acids is 1. The molecule has 2 fully saturated rings. The minimum absolute atomic E-state index is 0. The zero-order valence-electron chi connectivity index (χ0n) is 14.2. The van der Waals surface area contributed by atoms with E-state index in [4.69, 9.17) is 9.47 Å². The highest BCUT2D eigenvalue weighted by molar-refractivity contribution is 5.92. The summed E-state index contributed by atoms with van der Waals surface area (Å²) in [5, 5.41) is 0. The fraction of sp³-hybridized carbons (Fsp3) is 0.500. The van der Waals surface area contributed by atoms with E-state index in [9.17, 15) is 4.79 Å². The van der Waals surface area contributed by atoms with Crippen molar-refractivity contribution in [1.29, 1.82) is 0 Å². The van der Waals surface area contributed by atoms with E-state index in [1.165, 1.54) is 0 Å². The van der Waals surface area contributed by atoms with Crippen molar-refractivity contribution >= 4 is 24.4 Å². The molecule has 0 N–H and O–H groups in total. The molecule has 6 heteroatoms. The standard InChI is InChI=1S/C18H24N2O3.ClH/c1-19-11-9-18(10-12-19)20(13-14-23-18)17(21)8-5-15-3-6-16(22-2)7-4-15;/h3-8H,9-14H2,1-2H3;1H/b8-5+;. The van der Waals surface area contributed by atoms with Gasteiger partial charge in [-0.25, -0.2) is 0 Å². The molecule has 3 rings (SSSR count). The van der Waals surface area contributed by atoms with E-state index in [0.29, 0.717) is 13.2 Å². The lowest BCUT2D eigenvalue weighted by molar-refractivity contribution is -0.152. The van der Waals surface area contributed by atoms with Crippen molar-refractivity contribution in [2.45, 2.75) is 18.6 Å². The molecule has 2 heterocycles. The number of piperidine rings is 1. The molecule has 1 spiro atoms. The Bertz CT molecular complexity index is 580. The van der Waals surface area contributed by atoms with Crippen molar-refractivity contribution in [1.82, 2.24) is 9.80 Å². The zero-order valence-corrected chi connectivity index (χ0v) is 15.1. The summed E-state index contributed by atoms with van der Waals surface area (Å²) in [6.45, 7) is 3.24. The van der Waals surface area contributed by atoms with Crippen molar-refractivity contribution in [3.63, 3.8) is 0 Å². The number of amides is 1. The molecule has 2 saturated heterocycles. The Kier molecular flexibility index (Phi) is 6.27. The van der Waals surface area contributed by atoms with E-state index >= 15 is 0 Å². The molecule has 2 aliphatic heterocycles. The predicted molar refractivity (Wildman–Crippen MR) is 96.4 cm³/mol. The van der Waals surface area contributed by atoms with Crippen molar-refractivity contribution < 1.29 is 14.3 Å². The van der Waals surface area contributed by atoms with E-state index in [1.54, 1.807) is 13.2 Å². The Morgan fingerprint density at radius 2 is 1.88 bits per heavy atom. The number of nitrogens with zero attached hydrogens (tertiary/aromatic N) is 2. The van der Waals surface area contributed by atoms with Crippen LogP contribution in [-0.2, 0) is 9.53 Å². The second-order valence-electron chi connectivity index (χ2n) is 6.19. The number of carbonyl (C=O) groups is 1. The second kappa shape index (κ2) is 8.01. The van der Waals surface area contributed by atoms with Crippen LogP contribution in [0.15, 0.2) is 30.3 Å². The van der Waals surface area contributed by atoms with Gasteiger partial charge >= 0.3 is 0 Å². The first-order valence-corrected chi connectivity index (χ1v) is 8.09. The van der Waals surface area contributed by atoms with Crippen LogP contribution in [0.25, 0.3) is 6.08 Å². The predicted octanol–water partition coefficient (Wildman–Crippen LogP) is 2.41. The van der Waals surface area contributed by atoms with Crippen LogP contribution in [0.5, 0.6) is 5.75 Å². The maximum Gasteiger partial charge on any atom is 0.248 e. The number of benzene rings is 1. The summed E-state index contributed by atoms with van der Waals surface area (Å²) in [7, 11) is 3.75. The third kappa shape index (κ3) is 3.91. The number of hydrogen-bond acceptors (Lipinski definition) is 4. The molecule has 0 aliphatic carbocycles. The molecule has 0 radical (unpaired) electrons. The lowest BCUT2D eigenvalue weighted by Gasteiger charge is -2.42. The SMILES string of the molecule is COc1ccc(/C=C/C(=O)N2CCOC23CCN(C)CC3)cc1.Cl. The monoisotopic (exact) mass is 352 g/mol. The quantitative estimate of drug-likeness (QED) is 0.783. The van der Waals surface area contributed by atoms with Gasteiger partial charge in [0.05, 0.1) is 13.7 Å². The number of methoxy groups -OCH3 is 1. The average Bonchev–Trinajstić information content (AvgIpc) is 2.99. The molecule has 5 nitrogen and oxygen atoms in total. The topological polar surface area (TPSA) is 42.0 Å². The third-order valence-corrected chi connectivity index (χ3v) is 4.75. The fourth-order valence-corrected chi connectivity index (χ4v) is 3.27. The van der Waals surface area contributed by atoms with Crippen LogP contribution >= 0.6 is 12.4 Å². The van der Waals surface area contributed by atoms with Gasteiger partial charge in [0.2, 0.25) is 5.91 Å². The number of hydrogen-bond donors (Lipinski definition) is 0. The van der Waals surface area contributed by atoms with Crippen LogP contribution in [0, 0.1) is 0 Å². The van der Waals surface area contributed by atoms with Crippen molar-refractivity contribution in [2.24, 2.45) is 0 Å². The molecule has 1 amide bonds. The number of likely N-dealkylation sites (tertiary alicyclic amines) is 1. The highest BCUT2D eigenvalue weighted by Crippen LogP contribution is 2.34. The summed E-state index contributed by atoms with van der Waals surface area (Å²) < 4.78 is 11.1. The molecular formula is C18H25ClN2O3. The number of halogens is 1. The molecule has 0 bridgehead atoms. The van der Waals surface area contributed by atoms with Crippen molar-refractivity contribution in [2.75, 3.05) is 40.4 Å². The molecule has 132 valence electrons. The van der Waals surface area contributed by atoms with Crippen LogP contribution in [-0.4, -0.2) is 61.8 Å². The first-order chi connectivity index (χ1) is 11.1. The molecule has 0 atom stereocenters. The number of ether oxygens (including phenoxy) is 2. The van der Waals surface area contributed by atoms with Crippen LogP contribution in [0.1, 0.15) is 18.4 Å². The minimum atomic E-state index is -0.395. The van der Waals surface area contributed by atoms with Gasteiger partial charge in [-0.3, -0.25) is 4.79 Å². The first kappa shape index (κ1) is 18.8. The first-order valence-electron chi connectivity index (χ1n) is 8.09. The van der Waals surface area contributed by atoms with Gasteiger partial charge in [0.1, 0.15) is 11.5 Å². The van der Waals surface area contributed by atoms with Gasteiger partial charge in [0.25, 0.3) is 0 Å². The Morgan fingerprint density at radius 1 is 1.21 bits per heavy atom. The van der Waals surface area contributed by atoms with E-state index < -0.39 is 5.72 Å². The van der Waals surface area contributed by atoms with Gasteiger partial charge in [-0.15, -0.1) is 12.4 Å². The number of rotatable bonds is 3. The summed E-state index contributed by atoms with van der Waals surface area (Å²) in [5.41, 5.74) is 0.588. The summed E-state index contributed by atoms with van der Waals surface area (Å²) in [5.74, 6) is 0.842. The van der Waals surface area contributed by atoms with Crippen LogP contribution in [0.2, 0.25) is 0 Å². The highest BCUT2D eigenvalue weighted by Gasteiger charge is 2.45. The van der Waals surface area contributed by atoms with Gasteiger partial charge in [-0.05, 0) is 30.8 Å². The molecular weight excluding hydrogens is 328 g/mol. The maximum absolute atomic E-state index is 12.6. The van der Waals surface area contributed by atoms with E-state index in [1.807, 2.05) is 35.2 Å². The molecule has 24 heavy (non-hydrogen) atoms. The third-order valence-electron chi connectivity index (χ3n) is 4.75. The Hall–Kier alpha value is -1.56. The zero-order chi connectivity index (χ0) is 16.3. The van der Waals surface area contributed by atoms with E-state index in [0.717, 1.165) is 37.2 Å². The van der Waals surface area contributed by atoms with Gasteiger partial charge in [-0.1, -0.05) is 12.1 Å². The second-order valence-corrected chi connectivity index (χ2v) is 6.19. The molecule has 0 aromatic heterocycles. The van der Waals surface area contributed by atoms with Gasteiger partial charge < -0.3 is 19.3 Å². The molecule has 1 aromatic carbocycles. The fourth-order valence-electron chi connectivity index (χ4n) is 3.27. The summed E-state index contributed by atoms with van der Waals surface area (Å²) in [6.07, 6.45) is 5.26. The summed E-state index contributed by atoms with van der Waals surface area (Å²) >= 11 is 0. The normalized spacial score (nSPS) is 20.3. The van der Waals surface area contributed by atoms with Gasteiger partial charge in [0.15, 0.2) is 0 Å². The Balaban J connectivity index is 0.00000208. The molecule has 0 saturated carbocycles. The van der Waals surface area contributed by atoms with Crippen LogP contribution in [0.3, 0.4) is 0 Å². The highest BCUT2D eigenvalue weighted by atomic mass is 35.5. The molecule has 1 aromatic rings. The summed E-state index contributed by atoms with van der Waals surface area (Å²) in [6, 6.07) is 7.66. The smallest absolute Gasteiger partial charge is 0.248 e. The summed E-state index contributed by atoms with van der Waals surface area (Å²) in [4.78, 5) is 16.8. The van der Waals surface area contributed by atoms with Gasteiger partial charge in [-0.2, -0.15) is 0 Å². The lowest BCUT2D eigenvalue weighted by Crippen LogP contribution is -2.53. The maximum atomic E-state index is 12.6.